The van der Waals surface area contributed by atoms with Crippen molar-refractivity contribution < 1.29 is 18.3 Å². The van der Waals surface area contributed by atoms with Crippen molar-refractivity contribution in [3.8, 4) is 68.0 Å². The number of hydrogen-bond acceptors (Lipinski definition) is 4. The van der Waals surface area contributed by atoms with Crippen LogP contribution in [0, 0.1) is 41.5 Å². The highest BCUT2D eigenvalue weighted by Gasteiger charge is 2.45. The van der Waals surface area contributed by atoms with Crippen LogP contribution in [0.1, 0.15) is 86.1 Å². The van der Waals surface area contributed by atoms with E-state index in [2.05, 4.69) is 380 Å². The van der Waals surface area contributed by atoms with Crippen LogP contribution in [0.25, 0.3) is 176 Å². The molecule has 0 radical (unpaired) electrons. The number of hydrogen-bond donors (Lipinski definition) is 0. The Hall–Kier alpha value is -14.0. The van der Waals surface area contributed by atoms with Gasteiger partial charge < -0.3 is 36.6 Å². The maximum Gasteiger partial charge on any atom is 0.256 e. The Bertz CT molecular complexity index is 8270. The highest BCUT2D eigenvalue weighted by molar-refractivity contribution is 7.00. The van der Waals surface area contributed by atoms with Crippen LogP contribution >= 0.6 is 0 Å². The van der Waals surface area contributed by atoms with Gasteiger partial charge in [-0.15, -0.1) is 0 Å². The highest BCUT2D eigenvalue weighted by Crippen LogP contribution is 2.50. The SMILES string of the molecule is CC(C)(C)c1ccc2c(c1)Oc1cccc3c1B2c1cc2c4cc(-n5c6ccccc6c6ccccc65)ccc4oc2c2c4c5oc6ccc(-n7c8ccccc8c8ccccc87)cc6c5ccc4n-3c12.Cc1cc(C)c(-c2ccc3c(c2)c2cc(-c4c(C)cc(C)cc4C)cc4c2n3-c2cccc3c2B4c2ccc(C(C)(C)C)cc2O3)c(C)c1. The summed E-state index contributed by atoms with van der Waals surface area (Å²) < 4.78 is 38.0. The van der Waals surface area contributed by atoms with Crippen LogP contribution in [-0.4, -0.2) is 31.7 Å². The minimum Gasteiger partial charge on any atom is -0.458 e. The first-order valence-corrected chi connectivity index (χ1v) is 42.2. The van der Waals surface area contributed by atoms with E-state index in [0.717, 1.165) is 106 Å². The van der Waals surface area contributed by atoms with Crippen LogP contribution in [0.3, 0.4) is 0 Å². The lowest BCUT2D eigenvalue weighted by Crippen LogP contribution is -2.58. The van der Waals surface area contributed by atoms with Gasteiger partial charge in [-0.2, -0.15) is 0 Å². The van der Waals surface area contributed by atoms with Gasteiger partial charge in [-0.05, 0) is 268 Å². The fourth-order valence-electron chi connectivity index (χ4n) is 22.2. The van der Waals surface area contributed by atoms with Gasteiger partial charge in [-0.25, -0.2) is 0 Å². The quantitative estimate of drug-likeness (QED) is 0.165. The Morgan fingerprint density at radius 3 is 1.21 bits per heavy atom. The lowest BCUT2D eigenvalue weighted by Gasteiger charge is -2.34. The van der Waals surface area contributed by atoms with Crippen LogP contribution < -0.4 is 42.3 Å². The summed E-state index contributed by atoms with van der Waals surface area (Å²) in [6, 6.07) is 103. The summed E-state index contributed by atoms with van der Waals surface area (Å²) >= 11 is 0. The lowest BCUT2D eigenvalue weighted by atomic mass is 9.34. The Balaban J connectivity index is 0.000000143. The Morgan fingerprint density at radius 2 is 0.708 bits per heavy atom. The summed E-state index contributed by atoms with van der Waals surface area (Å²) in [5, 5.41) is 13.9. The summed E-state index contributed by atoms with van der Waals surface area (Å²) in [6.45, 7) is 27.0. The van der Waals surface area contributed by atoms with Crippen molar-refractivity contribution in [1.29, 1.82) is 0 Å². The van der Waals surface area contributed by atoms with Crippen molar-refractivity contribution in [2.45, 2.75) is 93.9 Å². The number of aromatic nitrogens is 4. The second-order valence-electron chi connectivity index (χ2n) is 36.6. The predicted molar refractivity (Wildman–Crippen MR) is 504 cm³/mol. The Kier molecular flexibility index (Phi) is 14.0. The molecule has 6 aromatic heterocycles. The first-order chi connectivity index (χ1) is 58.2. The van der Waals surface area contributed by atoms with Crippen molar-refractivity contribution in [3.05, 3.63) is 324 Å². The first-order valence-electron chi connectivity index (χ1n) is 42.2. The first kappa shape index (κ1) is 69.2. The van der Waals surface area contributed by atoms with E-state index < -0.39 is 0 Å². The molecule has 0 fully saturated rings. The van der Waals surface area contributed by atoms with E-state index in [4.69, 9.17) is 18.3 Å². The zero-order valence-electron chi connectivity index (χ0n) is 69.1. The maximum absolute atomic E-state index is 7.26. The molecule has 0 aliphatic carbocycles. The van der Waals surface area contributed by atoms with Crippen LogP contribution in [0.4, 0.5) is 0 Å². The molecule has 0 amide bonds. The van der Waals surface area contributed by atoms with Gasteiger partial charge in [0.2, 0.25) is 0 Å². The van der Waals surface area contributed by atoms with Gasteiger partial charge in [0, 0.05) is 82.1 Å². The van der Waals surface area contributed by atoms with E-state index in [-0.39, 0.29) is 24.3 Å². The maximum atomic E-state index is 7.26. The zero-order valence-corrected chi connectivity index (χ0v) is 69.1. The third-order valence-electron chi connectivity index (χ3n) is 27.1. The summed E-state index contributed by atoms with van der Waals surface area (Å²) in [5.74, 6) is 3.73. The summed E-state index contributed by atoms with van der Waals surface area (Å²) in [5.41, 5.74) is 40.4. The van der Waals surface area contributed by atoms with Gasteiger partial charge in [-0.3, -0.25) is 0 Å². The molecule has 0 unspecified atom stereocenters. The van der Waals surface area contributed by atoms with Gasteiger partial charge in [0.25, 0.3) is 13.4 Å². The largest absolute Gasteiger partial charge is 0.458 e. The second-order valence-corrected chi connectivity index (χ2v) is 36.6. The highest BCUT2D eigenvalue weighted by atomic mass is 16.5. The fourth-order valence-corrected chi connectivity index (χ4v) is 22.2. The van der Waals surface area contributed by atoms with Crippen LogP contribution in [0.2, 0.25) is 0 Å². The van der Waals surface area contributed by atoms with E-state index in [1.165, 1.54) is 171 Å². The normalized spacial score (nSPS) is 13.3. The molecular formula is C110H82B2N4O4. The second kappa shape index (κ2) is 24.4. The number of ether oxygens (including phenoxy) is 2. The molecule has 572 valence electrons. The average molecular weight is 1550 g/mol. The van der Waals surface area contributed by atoms with Crippen molar-refractivity contribution in [2.24, 2.45) is 0 Å². The third kappa shape index (κ3) is 9.56. The smallest absolute Gasteiger partial charge is 0.256 e. The van der Waals surface area contributed by atoms with Crippen molar-refractivity contribution in [2.75, 3.05) is 0 Å². The zero-order chi connectivity index (χ0) is 80.7. The van der Waals surface area contributed by atoms with Gasteiger partial charge in [-0.1, -0.05) is 204 Å². The molecule has 26 rings (SSSR count). The molecule has 10 heteroatoms. The van der Waals surface area contributed by atoms with E-state index in [1.807, 2.05) is 0 Å². The minimum atomic E-state index is -0.0897. The van der Waals surface area contributed by atoms with Crippen LogP contribution in [0.15, 0.2) is 288 Å². The van der Waals surface area contributed by atoms with Crippen LogP contribution in [0.5, 0.6) is 23.0 Å². The van der Waals surface area contributed by atoms with Crippen molar-refractivity contribution in [3.63, 3.8) is 0 Å². The molecule has 0 saturated heterocycles. The number of aryl methyl sites for hydroxylation is 6. The molecule has 0 N–H and O–H groups in total. The molecule has 120 heavy (non-hydrogen) atoms. The molecule has 16 aromatic carbocycles. The van der Waals surface area contributed by atoms with Crippen molar-refractivity contribution >= 4 is 177 Å². The molecule has 8 nitrogen and oxygen atoms in total. The van der Waals surface area contributed by atoms with E-state index in [9.17, 15) is 0 Å². The molecule has 0 saturated carbocycles. The number of furan rings is 2. The van der Waals surface area contributed by atoms with Crippen LogP contribution in [-0.2, 0) is 10.8 Å². The number of benzene rings is 16. The Labute approximate surface area is 694 Å². The molecule has 10 heterocycles. The number of para-hydroxylation sites is 4. The molecule has 0 bridgehead atoms. The summed E-state index contributed by atoms with van der Waals surface area (Å²) in [6.07, 6.45) is 0. The average Bonchev–Trinajstić information content (AvgIpc) is 1.30. The molecule has 4 aliphatic rings. The number of nitrogens with zero attached hydrogens (tertiary/aromatic N) is 4. The molecule has 4 aliphatic heterocycles. The fraction of sp³-hybridized carbons (Fsp3) is 0.127. The molecular weight excluding hydrogens is 1460 g/mol. The standard InChI is InChI=1S/C64H40BN3O3.C46H42BNO/c1-64(2,3)35-23-27-46-57(31-35)69-56-22-12-21-53-60(56)65(46)47-34-45-44-33-37(67-50-19-10-6-15-40(50)41-16-7-11-20-51(41)67)25-30-55(44)71-63(45)59-58-52(68(53)61(47)59)28-26-42-43-32-36(24-29-54(43)70-62(42)58)66-48-17-8-4-13-38(48)39-14-5-9-18-49(39)66;1-25-17-27(3)42(28(4)18-25)31-13-16-38-34(21-31)35-22-32(43-29(5)19-26(2)20-30(43)6)23-37-45(35)48(38)39-11-10-12-40-44(39)47(37)36-15-14-33(46(7,8)9)24-41(36)49-40/h4-34H,1-3H3;10-24H,1-9H3. The monoisotopic (exact) mass is 1540 g/mol. The van der Waals surface area contributed by atoms with E-state index >= 15 is 0 Å². The third-order valence-corrected chi connectivity index (χ3v) is 27.1. The predicted octanol–water partition coefficient (Wildman–Crippen LogP) is 25.2. The summed E-state index contributed by atoms with van der Waals surface area (Å²) in [7, 11) is 0. The number of fused-ring (bicyclic) bond motifs is 28. The molecule has 0 spiro atoms. The van der Waals surface area contributed by atoms with Gasteiger partial charge in [0.05, 0.1) is 49.4 Å². The number of rotatable bonds is 4. The van der Waals surface area contributed by atoms with Gasteiger partial charge in [0.15, 0.2) is 0 Å². The topological polar surface area (TPSA) is 64.5 Å². The summed E-state index contributed by atoms with van der Waals surface area (Å²) in [4.78, 5) is 0. The van der Waals surface area contributed by atoms with E-state index in [1.54, 1.807) is 0 Å². The lowest BCUT2D eigenvalue weighted by molar-refractivity contribution is 0.483. The molecule has 0 atom stereocenters. The minimum absolute atomic E-state index is 0.0268. The van der Waals surface area contributed by atoms with Crippen molar-refractivity contribution in [1.82, 2.24) is 18.3 Å². The Morgan fingerprint density at radius 1 is 0.275 bits per heavy atom. The van der Waals surface area contributed by atoms with E-state index in [0.29, 0.717) is 0 Å². The van der Waals surface area contributed by atoms with Gasteiger partial charge in [0.1, 0.15) is 45.3 Å². The molecule has 22 aromatic rings. The van der Waals surface area contributed by atoms with Gasteiger partial charge >= 0.3 is 0 Å².